The second-order valence-electron chi connectivity index (χ2n) is 9.80. The molecule has 3 N–H and O–H groups in total. The van der Waals surface area contributed by atoms with Crippen LogP contribution in [0.2, 0.25) is 0 Å². The summed E-state index contributed by atoms with van der Waals surface area (Å²) in [6, 6.07) is 30.5. The van der Waals surface area contributed by atoms with Gasteiger partial charge in [-0.3, -0.25) is 14.4 Å². The maximum absolute atomic E-state index is 13.5. The van der Waals surface area contributed by atoms with Gasteiger partial charge < -0.3 is 25.4 Å². The molecule has 0 aliphatic carbocycles. The number of benzene rings is 4. The normalized spacial score (nSPS) is 11.7. The van der Waals surface area contributed by atoms with Gasteiger partial charge in [0.15, 0.2) is 0 Å². The number of amides is 3. The smallest absolute Gasteiger partial charge is 0.272 e. The molecule has 0 bridgehead atoms. The predicted octanol–water partition coefficient (Wildman–Crippen LogP) is 7.40. The summed E-state index contributed by atoms with van der Waals surface area (Å²) in [5, 5.41) is 8.26. The zero-order valence-corrected chi connectivity index (χ0v) is 26.4. The Morgan fingerprint density at radius 3 is 2.20 bits per heavy atom. The van der Waals surface area contributed by atoms with E-state index in [4.69, 9.17) is 9.47 Å². The summed E-state index contributed by atoms with van der Waals surface area (Å²) in [5.41, 5.74) is 2.35. The summed E-state index contributed by atoms with van der Waals surface area (Å²) in [4.78, 5) is 40.5. The summed E-state index contributed by atoms with van der Waals surface area (Å²) in [7, 11) is 0. The number of para-hydroxylation sites is 2. The molecule has 0 saturated heterocycles. The lowest BCUT2D eigenvalue weighted by atomic mass is 10.1. The number of hydrogen-bond donors (Lipinski definition) is 3. The zero-order chi connectivity index (χ0) is 32.0. The second kappa shape index (κ2) is 16.7. The molecule has 4 aromatic rings. The lowest BCUT2D eigenvalue weighted by Crippen LogP contribution is -2.30. The van der Waals surface area contributed by atoms with E-state index in [0.29, 0.717) is 53.6 Å². The average molecular weight is 624 g/mol. The van der Waals surface area contributed by atoms with Crippen molar-refractivity contribution < 1.29 is 23.9 Å². The summed E-state index contributed by atoms with van der Waals surface area (Å²) in [5.74, 6) is 0.281. The minimum atomic E-state index is -0.493. The molecule has 8 nitrogen and oxygen atoms in total. The van der Waals surface area contributed by atoms with Gasteiger partial charge >= 0.3 is 0 Å². The minimum Gasteiger partial charge on any atom is -0.494 e. The van der Waals surface area contributed by atoms with E-state index < -0.39 is 11.8 Å². The van der Waals surface area contributed by atoms with Crippen molar-refractivity contribution in [3.8, 4) is 11.5 Å². The first kappa shape index (κ1) is 32.9. The molecule has 0 spiro atoms. The summed E-state index contributed by atoms with van der Waals surface area (Å²) < 4.78 is 11.2. The Hall–Kier alpha value is -5.02. The molecular formula is C36H37N3O5S. The Morgan fingerprint density at radius 1 is 0.778 bits per heavy atom. The molecule has 0 aromatic heterocycles. The molecule has 0 aliphatic rings. The molecule has 232 valence electrons. The van der Waals surface area contributed by atoms with Crippen LogP contribution in [0, 0.1) is 0 Å². The van der Waals surface area contributed by atoms with Crippen molar-refractivity contribution in [2.24, 2.45) is 0 Å². The summed E-state index contributed by atoms with van der Waals surface area (Å²) >= 11 is 1.40. The van der Waals surface area contributed by atoms with Crippen molar-refractivity contribution in [2.45, 2.75) is 37.3 Å². The van der Waals surface area contributed by atoms with Gasteiger partial charge in [0, 0.05) is 16.1 Å². The molecule has 45 heavy (non-hydrogen) atoms. The van der Waals surface area contributed by atoms with Crippen molar-refractivity contribution in [1.82, 2.24) is 5.32 Å². The Labute approximate surface area is 268 Å². The van der Waals surface area contributed by atoms with Crippen LogP contribution < -0.4 is 25.4 Å². The highest BCUT2D eigenvalue weighted by Gasteiger charge is 2.20. The van der Waals surface area contributed by atoms with E-state index in [0.717, 1.165) is 4.90 Å². The zero-order valence-electron chi connectivity index (χ0n) is 25.5. The molecular weight excluding hydrogens is 586 g/mol. The molecule has 1 atom stereocenters. The first-order valence-corrected chi connectivity index (χ1v) is 15.7. The molecule has 9 heteroatoms. The number of nitrogens with one attached hydrogen (secondary N) is 3. The van der Waals surface area contributed by atoms with Gasteiger partial charge in [-0.2, -0.15) is 0 Å². The lowest BCUT2D eigenvalue weighted by molar-refractivity contribution is -0.116. The van der Waals surface area contributed by atoms with Gasteiger partial charge in [0.05, 0.1) is 24.2 Å². The van der Waals surface area contributed by atoms with Crippen molar-refractivity contribution in [3.05, 3.63) is 120 Å². The van der Waals surface area contributed by atoms with Crippen LogP contribution >= 0.6 is 11.8 Å². The largest absolute Gasteiger partial charge is 0.494 e. The van der Waals surface area contributed by atoms with Gasteiger partial charge in [-0.25, -0.2) is 0 Å². The molecule has 1 unspecified atom stereocenters. The van der Waals surface area contributed by atoms with E-state index in [2.05, 4.69) is 16.0 Å². The van der Waals surface area contributed by atoms with Crippen LogP contribution in [0.25, 0.3) is 6.08 Å². The number of hydrogen-bond acceptors (Lipinski definition) is 6. The highest BCUT2D eigenvalue weighted by atomic mass is 32.2. The van der Waals surface area contributed by atoms with Crippen LogP contribution in [0.5, 0.6) is 11.5 Å². The number of thioether (sulfide) groups is 1. The topological polar surface area (TPSA) is 106 Å². The highest BCUT2D eigenvalue weighted by Crippen LogP contribution is 2.30. The first-order valence-electron chi connectivity index (χ1n) is 14.8. The fourth-order valence-corrected chi connectivity index (χ4v) is 5.35. The number of carbonyl (C=O) groups is 3. The van der Waals surface area contributed by atoms with Crippen LogP contribution in [0.1, 0.15) is 43.1 Å². The Bertz CT molecular complexity index is 1620. The van der Waals surface area contributed by atoms with Crippen molar-refractivity contribution in [3.63, 3.8) is 0 Å². The summed E-state index contributed by atoms with van der Waals surface area (Å²) in [6.07, 6.45) is 2.20. The molecule has 4 rings (SSSR count). The quantitative estimate of drug-likeness (QED) is 0.0999. The number of carbonyl (C=O) groups excluding carboxylic acids is 3. The van der Waals surface area contributed by atoms with Crippen LogP contribution in [-0.4, -0.2) is 36.2 Å². The number of anilines is 2. The molecule has 0 radical (unpaired) electrons. The van der Waals surface area contributed by atoms with E-state index >= 15 is 0 Å². The van der Waals surface area contributed by atoms with Crippen LogP contribution in [0.15, 0.2) is 114 Å². The van der Waals surface area contributed by atoms with E-state index in [-0.39, 0.29) is 16.9 Å². The SMILES string of the molecule is CCOc1ccc(/C=C(/NC(=O)c2ccccc2)C(=O)Nc2cccc(SC(CC)C(=O)Nc3ccccc3OCC)c2)cc1. The van der Waals surface area contributed by atoms with Gasteiger partial charge in [-0.15, -0.1) is 11.8 Å². The third-order valence-corrected chi connectivity index (χ3v) is 7.87. The molecule has 0 aliphatic heterocycles. The van der Waals surface area contributed by atoms with Gasteiger partial charge in [0.1, 0.15) is 17.2 Å². The number of ether oxygens (including phenoxy) is 2. The Morgan fingerprint density at radius 2 is 1.49 bits per heavy atom. The monoisotopic (exact) mass is 623 g/mol. The van der Waals surface area contributed by atoms with Gasteiger partial charge in [-0.1, -0.05) is 55.5 Å². The van der Waals surface area contributed by atoms with Gasteiger partial charge in [0.25, 0.3) is 11.8 Å². The Balaban J connectivity index is 1.50. The third kappa shape index (κ3) is 9.74. The van der Waals surface area contributed by atoms with E-state index in [1.165, 1.54) is 11.8 Å². The standard InChI is InChI=1S/C36H37N3O5S/c1-4-33(36(42)38-30-17-10-11-18-32(30)44-6-3)45-29-16-12-15-27(24-29)37-35(41)31(39-34(40)26-13-8-7-9-14-26)23-25-19-21-28(22-20-25)43-5-2/h7-24,33H,4-6H2,1-3H3,(H,37,41)(H,38,42)(H,39,40)/b31-23+. The van der Waals surface area contributed by atoms with E-state index in [1.807, 2.05) is 75.4 Å². The Kier molecular flexibility index (Phi) is 12.2. The molecule has 0 saturated carbocycles. The average Bonchev–Trinajstić information content (AvgIpc) is 3.05. The molecule has 0 fully saturated rings. The maximum Gasteiger partial charge on any atom is 0.272 e. The molecule has 0 heterocycles. The maximum atomic E-state index is 13.5. The fraction of sp³-hybridized carbons (Fsp3) is 0.194. The lowest BCUT2D eigenvalue weighted by Gasteiger charge is -2.17. The molecule has 3 amide bonds. The highest BCUT2D eigenvalue weighted by molar-refractivity contribution is 8.00. The molecule has 4 aromatic carbocycles. The second-order valence-corrected chi connectivity index (χ2v) is 11.1. The van der Waals surface area contributed by atoms with Crippen molar-refractivity contribution >= 4 is 46.9 Å². The predicted molar refractivity (Wildman–Crippen MR) is 181 cm³/mol. The van der Waals surface area contributed by atoms with Crippen LogP contribution in [0.4, 0.5) is 11.4 Å². The van der Waals surface area contributed by atoms with E-state index in [9.17, 15) is 14.4 Å². The van der Waals surface area contributed by atoms with Crippen molar-refractivity contribution in [2.75, 3.05) is 23.8 Å². The minimum absolute atomic E-state index is 0.0739. The first-order chi connectivity index (χ1) is 21.9. The van der Waals surface area contributed by atoms with E-state index in [1.54, 1.807) is 54.6 Å². The van der Waals surface area contributed by atoms with Crippen molar-refractivity contribution in [1.29, 1.82) is 0 Å². The third-order valence-electron chi connectivity index (χ3n) is 6.51. The van der Waals surface area contributed by atoms with Gasteiger partial charge in [0.2, 0.25) is 5.91 Å². The summed E-state index contributed by atoms with van der Waals surface area (Å²) in [6.45, 7) is 6.78. The van der Waals surface area contributed by atoms with Gasteiger partial charge in [-0.05, 0) is 86.5 Å². The van der Waals surface area contributed by atoms with Crippen LogP contribution in [-0.2, 0) is 9.59 Å². The number of rotatable bonds is 14. The fourth-order valence-electron chi connectivity index (χ4n) is 4.33. The van der Waals surface area contributed by atoms with Crippen LogP contribution in [0.3, 0.4) is 0 Å².